The maximum absolute atomic E-state index is 13.6. The van der Waals surface area contributed by atoms with Gasteiger partial charge >= 0.3 is 0 Å². The summed E-state index contributed by atoms with van der Waals surface area (Å²) in [5, 5.41) is 0. The Morgan fingerprint density at radius 2 is 1.73 bits per heavy atom. The molecule has 0 bridgehead atoms. The fourth-order valence-corrected chi connectivity index (χ4v) is 3.46. The van der Waals surface area contributed by atoms with Gasteiger partial charge in [-0.25, -0.2) is 4.39 Å². The van der Waals surface area contributed by atoms with Crippen LogP contribution < -0.4 is 0 Å². The van der Waals surface area contributed by atoms with E-state index in [0.717, 1.165) is 37.1 Å². The molecule has 0 radical (unpaired) electrons. The number of amides is 1. The quantitative estimate of drug-likeness (QED) is 0.782. The van der Waals surface area contributed by atoms with Crippen LogP contribution in [-0.2, 0) is 5.75 Å². The van der Waals surface area contributed by atoms with Crippen molar-refractivity contribution < 1.29 is 9.18 Å². The summed E-state index contributed by atoms with van der Waals surface area (Å²) in [5.41, 5.74) is 1.83. The third-order valence-corrected chi connectivity index (χ3v) is 4.94. The molecule has 2 aromatic rings. The maximum atomic E-state index is 13.6. The molecule has 3 rings (SSSR count). The summed E-state index contributed by atoms with van der Waals surface area (Å²) in [4.78, 5) is 14.8. The number of halogens is 1. The highest BCUT2D eigenvalue weighted by atomic mass is 32.2. The van der Waals surface area contributed by atoms with Gasteiger partial charge < -0.3 is 4.90 Å². The van der Waals surface area contributed by atoms with E-state index < -0.39 is 0 Å². The summed E-state index contributed by atoms with van der Waals surface area (Å²) < 4.78 is 13.6. The molecule has 22 heavy (non-hydrogen) atoms. The second-order valence-electron chi connectivity index (χ2n) is 5.42. The summed E-state index contributed by atoms with van der Waals surface area (Å²) in [6.45, 7) is 1.73. The second-order valence-corrected chi connectivity index (χ2v) is 6.43. The van der Waals surface area contributed by atoms with Gasteiger partial charge in [-0.3, -0.25) is 4.79 Å². The van der Waals surface area contributed by atoms with Crippen molar-refractivity contribution in [2.75, 3.05) is 13.1 Å². The number of rotatable bonds is 4. The van der Waals surface area contributed by atoms with Crippen molar-refractivity contribution in [3.8, 4) is 0 Å². The van der Waals surface area contributed by atoms with E-state index in [1.165, 1.54) is 17.8 Å². The standard InChI is InChI=1S/C18H18FNOS/c19-16-5-1-2-6-17(16)22-13-14-7-9-15(10-8-14)18(21)20-11-3-4-12-20/h1-2,5-10H,3-4,11-13H2. The molecule has 114 valence electrons. The van der Waals surface area contributed by atoms with Crippen LogP contribution in [0.1, 0.15) is 28.8 Å². The summed E-state index contributed by atoms with van der Waals surface area (Å²) in [6.07, 6.45) is 2.20. The first-order valence-corrected chi connectivity index (χ1v) is 8.48. The van der Waals surface area contributed by atoms with Gasteiger partial charge in [-0.05, 0) is 42.7 Å². The lowest BCUT2D eigenvalue weighted by Gasteiger charge is -2.15. The molecular weight excluding hydrogens is 297 g/mol. The lowest BCUT2D eigenvalue weighted by atomic mass is 10.1. The van der Waals surface area contributed by atoms with Crippen LogP contribution >= 0.6 is 11.8 Å². The number of carbonyl (C=O) groups is 1. The number of likely N-dealkylation sites (tertiary alicyclic amines) is 1. The molecule has 1 fully saturated rings. The molecule has 0 N–H and O–H groups in total. The predicted octanol–water partition coefficient (Wildman–Crippen LogP) is 4.35. The normalized spacial score (nSPS) is 14.3. The van der Waals surface area contributed by atoms with Crippen LogP contribution in [0.2, 0.25) is 0 Å². The minimum Gasteiger partial charge on any atom is -0.339 e. The fourth-order valence-electron chi connectivity index (χ4n) is 2.57. The number of hydrogen-bond donors (Lipinski definition) is 0. The van der Waals surface area contributed by atoms with Crippen molar-refractivity contribution in [2.45, 2.75) is 23.5 Å². The minimum atomic E-state index is -0.187. The van der Waals surface area contributed by atoms with Crippen LogP contribution in [0.5, 0.6) is 0 Å². The van der Waals surface area contributed by atoms with E-state index in [4.69, 9.17) is 0 Å². The molecule has 1 aliphatic rings. The van der Waals surface area contributed by atoms with E-state index in [1.807, 2.05) is 35.2 Å². The molecule has 1 aliphatic heterocycles. The molecule has 1 saturated heterocycles. The van der Waals surface area contributed by atoms with E-state index in [-0.39, 0.29) is 11.7 Å². The summed E-state index contributed by atoms with van der Waals surface area (Å²) in [7, 11) is 0. The van der Waals surface area contributed by atoms with Crippen LogP contribution in [-0.4, -0.2) is 23.9 Å². The second kappa shape index (κ2) is 6.97. The molecular formula is C18H18FNOS. The molecule has 0 atom stereocenters. The number of thioether (sulfide) groups is 1. The van der Waals surface area contributed by atoms with E-state index in [9.17, 15) is 9.18 Å². The average molecular weight is 315 g/mol. The zero-order valence-corrected chi connectivity index (χ0v) is 13.1. The molecule has 2 aromatic carbocycles. The van der Waals surface area contributed by atoms with Gasteiger partial charge in [0.2, 0.25) is 0 Å². The zero-order chi connectivity index (χ0) is 15.4. The smallest absolute Gasteiger partial charge is 0.253 e. The third kappa shape index (κ3) is 3.50. The number of benzene rings is 2. The zero-order valence-electron chi connectivity index (χ0n) is 12.3. The van der Waals surface area contributed by atoms with E-state index in [2.05, 4.69) is 0 Å². The number of nitrogens with zero attached hydrogens (tertiary/aromatic N) is 1. The first-order chi connectivity index (χ1) is 10.7. The maximum Gasteiger partial charge on any atom is 0.253 e. The monoisotopic (exact) mass is 315 g/mol. The lowest BCUT2D eigenvalue weighted by molar-refractivity contribution is 0.0793. The third-order valence-electron chi connectivity index (χ3n) is 3.83. The summed E-state index contributed by atoms with van der Waals surface area (Å²) in [6, 6.07) is 14.4. The first kappa shape index (κ1) is 15.1. The molecule has 0 spiro atoms. The Hall–Kier alpha value is -1.81. The first-order valence-electron chi connectivity index (χ1n) is 7.49. The fraction of sp³-hybridized carbons (Fsp3) is 0.278. The lowest BCUT2D eigenvalue weighted by Crippen LogP contribution is -2.27. The van der Waals surface area contributed by atoms with Crippen LogP contribution in [0.15, 0.2) is 53.4 Å². The van der Waals surface area contributed by atoms with Gasteiger partial charge in [0, 0.05) is 29.3 Å². The topological polar surface area (TPSA) is 20.3 Å². The highest BCUT2D eigenvalue weighted by molar-refractivity contribution is 7.98. The van der Waals surface area contributed by atoms with Gasteiger partial charge in [-0.15, -0.1) is 11.8 Å². The Morgan fingerprint density at radius 1 is 1.05 bits per heavy atom. The van der Waals surface area contributed by atoms with E-state index in [1.54, 1.807) is 12.1 Å². The molecule has 1 amide bonds. The molecule has 1 heterocycles. The molecule has 0 saturated carbocycles. The summed E-state index contributed by atoms with van der Waals surface area (Å²) in [5.74, 6) is 0.623. The van der Waals surface area contributed by atoms with Crippen molar-refractivity contribution in [1.29, 1.82) is 0 Å². The van der Waals surface area contributed by atoms with Gasteiger partial charge in [-0.2, -0.15) is 0 Å². The van der Waals surface area contributed by atoms with Crippen molar-refractivity contribution in [2.24, 2.45) is 0 Å². The number of hydrogen-bond acceptors (Lipinski definition) is 2. The largest absolute Gasteiger partial charge is 0.339 e. The highest BCUT2D eigenvalue weighted by Gasteiger charge is 2.19. The molecule has 0 aliphatic carbocycles. The Kier molecular flexibility index (Phi) is 4.78. The van der Waals surface area contributed by atoms with E-state index >= 15 is 0 Å². The van der Waals surface area contributed by atoms with Crippen molar-refractivity contribution in [1.82, 2.24) is 4.90 Å². The Labute approximate surface area is 134 Å². The number of carbonyl (C=O) groups excluding carboxylic acids is 1. The molecule has 2 nitrogen and oxygen atoms in total. The molecule has 0 unspecified atom stereocenters. The summed E-state index contributed by atoms with van der Waals surface area (Å²) >= 11 is 1.47. The van der Waals surface area contributed by atoms with E-state index in [0.29, 0.717) is 10.6 Å². The Bertz CT molecular complexity index is 650. The minimum absolute atomic E-state index is 0.116. The van der Waals surface area contributed by atoms with Gasteiger partial charge in [0.1, 0.15) is 5.82 Å². The van der Waals surface area contributed by atoms with Crippen molar-refractivity contribution in [3.05, 3.63) is 65.5 Å². The van der Waals surface area contributed by atoms with Crippen molar-refractivity contribution in [3.63, 3.8) is 0 Å². The molecule has 4 heteroatoms. The van der Waals surface area contributed by atoms with Gasteiger partial charge in [0.15, 0.2) is 0 Å². The average Bonchev–Trinajstić information content (AvgIpc) is 3.08. The highest BCUT2D eigenvalue weighted by Crippen LogP contribution is 2.25. The van der Waals surface area contributed by atoms with Gasteiger partial charge in [0.25, 0.3) is 5.91 Å². The van der Waals surface area contributed by atoms with Gasteiger partial charge in [-0.1, -0.05) is 24.3 Å². The van der Waals surface area contributed by atoms with Crippen molar-refractivity contribution >= 4 is 17.7 Å². The SMILES string of the molecule is O=C(c1ccc(CSc2ccccc2F)cc1)N1CCCC1. The molecule has 0 aromatic heterocycles. The van der Waals surface area contributed by atoms with Crippen LogP contribution in [0.3, 0.4) is 0 Å². The van der Waals surface area contributed by atoms with Crippen LogP contribution in [0, 0.1) is 5.82 Å². The Balaban J connectivity index is 1.62. The predicted molar refractivity (Wildman–Crippen MR) is 87.5 cm³/mol. The Morgan fingerprint density at radius 3 is 2.41 bits per heavy atom. The van der Waals surface area contributed by atoms with Crippen LogP contribution in [0.4, 0.5) is 4.39 Å². The van der Waals surface area contributed by atoms with Gasteiger partial charge in [0.05, 0.1) is 0 Å². The van der Waals surface area contributed by atoms with Crippen LogP contribution in [0.25, 0.3) is 0 Å².